The fourth-order valence-corrected chi connectivity index (χ4v) is 2.91. The van der Waals surface area contributed by atoms with E-state index >= 15 is 0 Å². The van der Waals surface area contributed by atoms with Crippen LogP contribution in [-0.4, -0.2) is 22.4 Å². The molecule has 0 radical (unpaired) electrons. The number of hydrogen-bond acceptors (Lipinski definition) is 6. The van der Waals surface area contributed by atoms with Crippen LogP contribution in [0.3, 0.4) is 0 Å². The Morgan fingerprint density at radius 1 is 1.16 bits per heavy atom. The second kappa shape index (κ2) is 8.18. The Morgan fingerprint density at radius 3 is 2.64 bits per heavy atom. The molecule has 2 aromatic carbocycles. The Bertz CT molecular complexity index is 865. The van der Waals surface area contributed by atoms with E-state index in [4.69, 9.17) is 20.8 Å². The lowest BCUT2D eigenvalue weighted by Crippen LogP contribution is -2.05. The van der Waals surface area contributed by atoms with E-state index in [1.54, 1.807) is 36.0 Å². The number of esters is 1. The van der Waals surface area contributed by atoms with Gasteiger partial charge in [0.05, 0.1) is 16.1 Å². The summed E-state index contributed by atoms with van der Waals surface area (Å²) in [6, 6.07) is 14.5. The van der Waals surface area contributed by atoms with Crippen LogP contribution in [0.1, 0.15) is 21.8 Å². The molecule has 1 heterocycles. The molecular formula is C18H15ClN2O3S. The number of carbonyl (C=O) groups is 1. The van der Waals surface area contributed by atoms with E-state index in [2.05, 4.69) is 10.2 Å². The van der Waals surface area contributed by atoms with Crippen LogP contribution in [-0.2, 0) is 17.1 Å². The number of halogens is 1. The van der Waals surface area contributed by atoms with Crippen LogP contribution in [0, 0.1) is 0 Å². The van der Waals surface area contributed by atoms with E-state index < -0.39 is 5.97 Å². The van der Waals surface area contributed by atoms with Crippen molar-refractivity contribution in [3.63, 3.8) is 0 Å². The standard InChI is InChI=1S/C18H15ClN2O3S/c1-25-11-12-6-8-13(9-7-12)18(22)23-10-16-20-21-17(24-16)14-4-2-3-5-15(14)19/h2-9H,10-11H2,1H3. The number of aromatic nitrogens is 2. The van der Waals surface area contributed by atoms with Crippen molar-refractivity contribution in [3.8, 4) is 11.5 Å². The lowest BCUT2D eigenvalue weighted by molar-refractivity contribution is 0.0438. The third kappa shape index (κ3) is 4.41. The Kier molecular flexibility index (Phi) is 5.73. The first kappa shape index (κ1) is 17.5. The molecule has 0 aliphatic heterocycles. The van der Waals surface area contributed by atoms with Gasteiger partial charge >= 0.3 is 5.97 Å². The highest BCUT2D eigenvalue weighted by atomic mass is 35.5. The molecule has 0 unspecified atom stereocenters. The number of benzene rings is 2. The predicted molar refractivity (Wildman–Crippen MR) is 97.5 cm³/mol. The van der Waals surface area contributed by atoms with Gasteiger partial charge in [-0.3, -0.25) is 0 Å². The fourth-order valence-electron chi connectivity index (χ4n) is 2.17. The molecule has 0 saturated carbocycles. The molecule has 25 heavy (non-hydrogen) atoms. The molecule has 128 valence electrons. The molecule has 3 rings (SSSR count). The molecule has 5 nitrogen and oxygen atoms in total. The number of hydrogen-bond donors (Lipinski definition) is 0. The first-order valence-corrected chi connectivity index (χ1v) is 9.27. The lowest BCUT2D eigenvalue weighted by atomic mass is 10.1. The summed E-state index contributed by atoms with van der Waals surface area (Å²) in [6.45, 7) is -0.0944. The Hall–Kier alpha value is -2.31. The molecule has 0 fully saturated rings. The quantitative estimate of drug-likeness (QED) is 0.587. The topological polar surface area (TPSA) is 65.2 Å². The van der Waals surface area contributed by atoms with E-state index in [0.717, 1.165) is 11.3 Å². The van der Waals surface area contributed by atoms with Gasteiger partial charge in [-0.15, -0.1) is 10.2 Å². The number of rotatable bonds is 6. The summed E-state index contributed by atoms with van der Waals surface area (Å²) in [5.74, 6) is 0.968. The number of thioether (sulfide) groups is 1. The van der Waals surface area contributed by atoms with Gasteiger partial charge in [-0.25, -0.2) is 4.79 Å². The third-order valence-corrected chi connectivity index (χ3v) is 4.35. The van der Waals surface area contributed by atoms with E-state index in [9.17, 15) is 4.79 Å². The molecule has 3 aromatic rings. The first-order chi connectivity index (χ1) is 12.2. The minimum atomic E-state index is -0.437. The highest BCUT2D eigenvalue weighted by molar-refractivity contribution is 7.97. The Labute approximate surface area is 154 Å². The maximum Gasteiger partial charge on any atom is 0.338 e. The van der Waals surface area contributed by atoms with Gasteiger partial charge in [0.2, 0.25) is 5.89 Å². The van der Waals surface area contributed by atoms with Gasteiger partial charge in [0, 0.05) is 5.75 Å². The van der Waals surface area contributed by atoms with E-state index in [0.29, 0.717) is 16.1 Å². The second-order valence-corrected chi connectivity index (χ2v) is 6.46. The molecule has 1 aromatic heterocycles. The van der Waals surface area contributed by atoms with Crippen molar-refractivity contribution in [1.82, 2.24) is 10.2 Å². The summed E-state index contributed by atoms with van der Waals surface area (Å²) in [6.07, 6.45) is 2.03. The lowest BCUT2D eigenvalue weighted by Gasteiger charge is -2.03. The van der Waals surface area contributed by atoms with Crippen LogP contribution in [0.5, 0.6) is 0 Å². The molecule has 0 aliphatic carbocycles. The third-order valence-electron chi connectivity index (χ3n) is 3.40. The summed E-state index contributed by atoms with van der Waals surface area (Å²) < 4.78 is 10.7. The van der Waals surface area contributed by atoms with Crippen molar-refractivity contribution in [2.75, 3.05) is 6.26 Å². The SMILES string of the molecule is CSCc1ccc(C(=O)OCc2nnc(-c3ccccc3Cl)o2)cc1. The number of ether oxygens (including phenoxy) is 1. The van der Waals surface area contributed by atoms with E-state index in [-0.39, 0.29) is 18.4 Å². The molecule has 0 spiro atoms. The maximum atomic E-state index is 12.1. The highest BCUT2D eigenvalue weighted by Gasteiger charge is 2.14. The van der Waals surface area contributed by atoms with Crippen LogP contribution >= 0.6 is 23.4 Å². The van der Waals surface area contributed by atoms with Gasteiger partial charge in [-0.05, 0) is 36.1 Å². The van der Waals surface area contributed by atoms with Crippen LogP contribution in [0.15, 0.2) is 52.9 Å². The smallest absolute Gasteiger partial charge is 0.338 e. The van der Waals surface area contributed by atoms with Crippen molar-refractivity contribution in [1.29, 1.82) is 0 Å². The zero-order chi connectivity index (χ0) is 17.6. The summed E-state index contributed by atoms with van der Waals surface area (Å²) in [5.41, 5.74) is 2.28. The van der Waals surface area contributed by atoms with Crippen molar-refractivity contribution >= 4 is 29.3 Å². The van der Waals surface area contributed by atoms with Crippen molar-refractivity contribution in [2.45, 2.75) is 12.4 Å². The number of nitrogens with zero attached hydrogens (tertiary/aromatic N) is 2. The Balaban J connectivity index is 1.62. The van der Waals surface area contributed by atoms with E-state index in [1.807, 2.05) is 30.5 Å². The molecule has 0 amide bonds. The molecule has 7 heteroatoms. The molecule has 0 atom stereocenters. The summed E-state index contributed by atoms with van der Waals surface area (Å²) >= 11 is 7.82. The molecule has 0 aliphatic rings. The molecular weight excluding hydrogens is 360 g/mol. The zero-order valence-electron chi connectivity index (χ0n) is 13.4. The van der Waals surface area contributed by atoms with Crippen LogP contribution in [0.2, 0.25) is 5.02 Å². The minimum absolute atomic E-state index is 0.0944. The van der Waals surface area contributed by atoms with Gasteiger partial charge in [0.25, 0.3) is 5.89 Å². The molecule has 0 N–H and O–H groups in total. The van der Waals surface area contributed by atoms with Gasteiger partial charge in [-0.2, -0.15) is 11.8 Å². The largest absolute Gasteiger partial charge is 0.452 e. The molecule has 0 saturated heterocycles. The van der Waals surface area contributed by atoms with Crippen LogP contribution < -0.4 is 0 Å². The molecule has 0 bridgehead atoms. The monoisotopic (exact) mass is 374 g/mol. The normalized spacial score (nSPS) is 10.6. The minimum Gasteiger partial charge on any atom is -0.452 e. The average molecular weight is 375 g/mol. The van der Waals surface area contributed by atoms with Gasteiger partial charge < -0.3 is 9.15 Å². The highest BCUT2D eigenvalue weighted by Crippen LogP contribution is 2.26. The van der Waals surface area contributed by atoms with Gasteiger partial charge in [0.15, 0.2) is 6.61 Å². The zero-order valence-corrected chi connectivity index (χ0v) is 15.0. The van der Waals surface area contributed by atoms with Gasteiger partial charge in [-0.1, -0.05) is 35.9 Å². The fraction of sp³-hybridized carbons (Fsp3) is 0.167. The van der Waals surface area contributed by atoms with Gasteiger partial charge in [0.1, 0.15) is 0 Å². The van der Waals surface area contributed by atoms with E-state index in [1.165, 1.54) is 0 Å². The maximum absolute atomic E-state index is 12.1. The summed E-state index contributed by atoms with van der Waals surface area (Å²) in [5, 5.41) is 8.33. The predicted octanol–water partition coefficient (Wildman–Crippen LogP) is 4.61. The summed E-state index contributed by atoms with van der Waals surface area (Å²) in [7, 11) is 0. The van der Waals surface area contributed by atoms with Crippen LogP contribution in [0.4, 0.5) is 0 Å². The Morgan fingerprint density at radius 2 is 1.92 bits per heavy atom. The average Bonchev–Trinajstić information content (AvgIpc) is 3.10. The first-order valence-electron chi connectivity index (χ1n) is 7.49. The van der Waals surface area contributed by atoms with Crippen molar-refractivity contribution in [3.05, 3.63) is 70.6 Å². The number of carbonyl (C=O) groups excluding carboxylic acids is 1. The second-order valence-electron chi connectivity index (χ2n) is 5.19. The van der Waals surface area contributed by atoms with Crippen LogP contribution in [0.25, 0.3) is 11.5 Å². The summed E-state index contributed by atoms with van der Waals surface area (Å²) in [4.78, 5) is 12.1. The van der Waals surface area contributed by atoms with Crippen molar-refractivity contribution < 1.29 is 13.9 Å². The van der Waals surface area contributed by atoms with Crippen molar-refractivity contribution in [2.24, 2.45) is 0 Å².